The van der Waals surface area contributed by atoms with Crippen LogP contribution in [0.15, 0.2) is 115 Å². The highest BCUT2D eigenvalue weighted by Crippen LogP contribution is 2.26. The number of non-ortho nitro benzene ring substituents is 1. The molecule has 4 aromatic rings. The van der Waals surface area contributed by atoms with Gasteiger partial charge in [0.05, 0.1) is 17.4 Å². The summed E-state index contributed by atoms with van der Waals surface area (Å²) in [5.41, 5.74) is 1.82. The maximum Gasteiger partial charge on any atom is 0.326 e. The van der Waals surface area contributed by atoms with Gasteiger partial charge in [0.25, 0.3) is 5.69 Å². The summed E-state index contributed by atoms with van der Waals surface area (Å²) < 4.78 is 5.42. The monoisotopic (exact) mass is 565 g/mol. The molecule has 0 bridgehead atoms. The molecule has 0 saturated heterocycles. The maximum atomic E-state index is 13.2. The van der Waals surface area contributed by atoms with Gasteiger partial charge in [0.15, 0.2) is 6.10 Å². The number of benzene rings is 4. The predicted octanol–water partition coefficient (Wildman–Crippen LogP) is 4.13. The van der Waals surface area contributed by atoms with Crippen molar-refractivity contribution in [2.75, 3.05) is 13.1 Å². The molecule has 0 spiro atoms. The molecule has 0 unspecified atom stereocenters. The number of rotatable bonds is 12. The van der Waals surface area contributed by atoms with Gasteiger partial charge in [0.2, 0.25) is 17.6 Å². The first-order valence-electron chi connectivity index (χ1n) is 13.0. The van der Waals surface area contributed by atoms with Crippen molar-refractivity contribution in [2.45, 2.75) is 12.0 Å². The Kier molecular flexibility index (Phi) is 9.87. The van der Waals surface area contributed by atoms with E-state index >= 15 is 0 Å². The van der Waals surface area contributed by atoms with Crippen molar-refractivity contribution in [2.24, 2.45) is 0 Å². The number of ketones is 1. The molecule has 0 saturated carbocycles. The number of esters is 1. The molecule has 0 radical (unpaired) electrons. The first-order chi connectivity index (χ1) is 20.3. The van der Waals surface area contributed by atoms with Crippen LogP contribution in [-0.2, 0) is 19.1 Å². The number of hydrogen-bond donors (Lipinski definition) is 2. The Balaban J connectivity index is 1.37. The van der Waals surface area contributed by atoms with Gasteiger partial charge in [0, 0.05) is 23.3 Å². The van der Waals surface area contributed by atoms with E-state index in [2.05, 4.69) is 10.6 Å². The van der Waals surface area contributed by atoms with Gasteiger partial charge in [-0.15, -0.1) is 0 Å². The van der Waals surface area contributed by atoms with E-state index in [4.69, 9.17) is 4.74 Å². The summed E-state index contributed by atoms with van der Waals surface area (Å²) in [7, 11) is 0. The fraction of sp³-hybridized carbons (Fsp3) is 0.125. The van der Waals surface area contributed by atoms with Crippen molar-refractivity contribution in [3.8, 4) is 0 Å². The molecule has 4 rings (SSSR count). The smallest absolute Gasteiger partial charge is 0.326 e. The van der Waals surface area contributed by atoms with Crippen molar-refractivity contribution >= 4 is 29.3 Å². The highest BCUT2D eigenvalue weighted by Gasteiger charge is 2.27. The Morgan fingerprint density at radius 1 is 0.667 bits per heavy atom. The minimum atomic E-state index is -1.39. The molecule has 1 atom stereocenters. The van der Waals surface area contributed by atoms with E-state index in [-0.39, 0.29) is 16.8 Å². The third-order valence-corrected chi connectivity index (χ3v) is 6.33. The molecule has 0 aliphatic heterocycles. The van der Waals surface area contributed by atoms with Gasteiger partial charge in [-0.3, -0.25) is 29.3 Å². The van der Waals surface area contributed by atoms with Crippen LogP contribution >= 0.6 is 0 Å². The molecule has 2 N–H and O–H groups in total. The lowest BCUT2D eigenvalue weighted by atomic mass is 9.90. The van der Waals surface area contributed by atoms with Gasteiger partial charge in [0.1, 0.15) is 6.54 Å². The van der Waals surface area contributed by atoms with Gasteiger partial charge in [-0.2, -0.15) is 0 Å². The van der Waals surface area contributed by atoms with Gasteiger partial charge in [-0.1, -0.05) is 91.0 Å². The molecule has 212 valence electrons. The number of carbonyl (C=O) groups excluding carboxylic acids is 4. The van der Waals surface area contributed by atoms with Crippen LogP contribution in [0.5, 0.6) is 0 Å². The summed E-state index contributed by atoms with van der Waals surface area (Å²) in [5, 5.41) is 16.0. The Hall–Kier alpha value is -5.64. The Labute approximate surface area is 241 Å². The summed E-state index contributed by atoms with van der Waals surface area (Å²) in [6.07, 6.45) is -1.39. The molecule has 10 heteroatoms. The van der Waals surface area contributed by atoms with E-state index in [1.54, 1.807) is 30.3 Å². The molecule has 0 heterocycles. The van der Waals surface area contributed by atoms with E-state index in [1.807, 2.05) is 60.7 Å². The van der Waals surface area contributed by atoms with E-state index in [1.165, 1.54) is 24.3 Å². The molecule has 0 fully saturated rings. The fourth-order valence-corrected chi connectivity index (χ4v) is 4.26. The summed E-state index contributed by atoms with van der Waals surface area (Å²) in [5.74, 6) is -3.12. The van der Waals surface area contributed by atoms with Crippen LogP contribution in [0, 0.1) is 10.1 Å². The lowest BCUT2D eigenvalue weighted by molar-refractivity contribution is -0.384. The fourth-order valence-electron chi connectivity index (χ4n) is 4.26. The summed E-state index contributed by atoms with van der Waals surface area (Å²) >= 11 is 0. The Bertz CT molecular complexity index is 1500. The van der Waals surface area contributed by atoms with Crippen molar-refractivity contribution in [3.63, 3.8) is 0 Å². The maximum absolute atomic E-state index is 13.2. The van der Waals surface area contributed by atoms with Crippen LogP contribution in [0.3, 0.4) is 0 Å². The topological polar surface area (TPSA) is 145 Å². The van der Waals surface area contributed by atoms with Crippen LogP contribution < -0.4 is 10.6 Å². The molecule has 2 amide bonds. The summed E-state index contributed by atoms with van der Waals surface area (Å²) in [6.45, 7) is -0.960. The number of Topliss-reactive ketones (excluding diaryl/α,β-unsaturated/α-hetero) is 1. The number of nitro groups is 1. The largest absolute Gasteiger partial charge is 0.448 e. The van der Waals surface area contributed by atoms with Crippen molar-refractivity contribution in [3.05, 3.63) is 148 Å². The normalized spacial score (nSPS) is 11.3. The van der Waals surface area contributed by atoms with E-state index in [9.17, 15) is 29.3 Å². The number of nitro benzene ring substituents is 1. The van der Waals surface area contributed by atoms with Crippen molar-refractivity contribution < 1.29 is 28.8 Å². The third-order valence-electron chi connectivity index (χ3n) is 6.33. The zero-order valence-electron chi connectivity index (χ0n) is 22.3. The van der Waals surface area contributed by atoms with Crippen LogP contribution in [0.1, 0.15) is 39.1 Å². The minimum Gasteiger partial charge on any atom is -0.448 e. The van der Waals surface area contributed by atoms with E-state index in [0.717, 1.165) is 11.1 Å². The average molecular weight is 566 g/mol. The Morgan fingerprint density at radius 2 is 1.19 bits per heavy atom. The number of carbonyl (C=O) groups is 4. The first-order valence-corrected chi connectivity index (χ1v) is 13.0. The number of hydrogen-bond acceptors (Lipinski definition) is 7. The average Bonchev–Trinajstić information content (AvgIpc) is 3.03. The molecule has 0 aromatic heterocycles. The van der Waals surface area contributed by atoms with E-state index in [0.29, 0.717) is 0 Å². The summed E-state index contributed by atoms with van der Waals surface area (Å²) in [6, 6.07) is 31.5. The number of amides is 2. The quantitative estimate of drug-likeness (QED) is 0.114. The lowest BCUT2D eigenvalue weighted by Crippen LogP contribution is -2.41. The Morgan fingerprint density at radius 3 is 1.71 bits per heavy atom. The zero-order valence-corrected chi connectivity index (χ0v) is 22.3. The van der Waals surface area contributed by atoms with Gasteiger partial charge >= 0.3 is 5.97 Å². The van der Waals surface area contributed by atoms with Crippen molar-refractivity contribution in [1.82, 2.24) is 10.6 Å². The molecule has 42 heavy (non-hydrogen) atoms. The molecule has 0 aliphatic rings. The second kappa shape index (κ2) is 14.1. The van der Waals surface area contributed by atoms with Crippen LogP contribution in [0.4, 0.5) is 5.69 Å². The third kappa shape index (κ3) is 7.72. The number of nitrogens with one attached hydrogen (secondary N) is 2. The van der Waals surface area contributed by atoms with Gasteiger partial charge in [-0.25, -0.2) is 0 Å². The van der Waals surface area contributed by atoms with E-state index < -0.39 is 53.6 Å². The van der Waals surface area contributed by atoms with Crippen molar-refractivity contribution in [1.29, 1.82) is 0 Å². The second-order valence-corrected chi connectivity index (χ2v) is 9.20. The summed E-state index contributed by atoms with van der Waals surface area (Å²) in [4.78, 5) is 61.9. The highest BCUT2D eigenvalue weighted by atomic mass is 16.6. The van der Waals surface area contributed by atoms with Crippen LogP contribution in [-0.4, -0.2) is 41.6 Å². The van der Waals surface area contributed by atoms with Crippen LogP contribution in [0.2, 0.25) is 0 Å². The zero-order chi connectivity index (χ0) is 29.9. The second-order valence-electron chi connectivity index (χ2n) is 9.20. The first kappa shape index (κ1) is 29.3. The molecule has 0 aliphatic carbocycles. The molecule has 10 nitrogen and oxygen atoms in total. The minimum absolute atomic E-state index is 0.188. The van der Waals surface area contributed by atoms with Gasteiger partial charge < -0.3 is 15.4 Å². The number of nitrogens with zero attached hydrogens (tertiary/aromatic N) is 1. The highest BCUT2D eigenvalue weighted by molar-refractivity contribution is 6.01. The molecular weight excluding hydrogens is 538 g/mol. The predicted molar refractivity (Wildman–Crippen MR) is 153 cm³/mol. The number of ether oxygens (including phenoxy) is 1. The standard InChI is InChI=1S/C32H27N3O7/c36-27(20-34-32(39)29(22-10-4-1-5-11-22)23-12-6-2-7-13-23)33-21-28(37)42-31(30(38)24-14-8-3-9-15-24)25-16-18-26(19-17-25)35(40)41/h1-19,29,31H,20-21H2,(H,33,36)(H,34,39)/t31-/m0/s1. The lowest BCUT2D eigenvalue weighted by Gasteiger charge is -2.18. The molecule has 4 aromatic carbocycles. The van der Waals surface area contributed by atoms with Crippen LogP contribution in [0.25, 0.3) is 0 Å². The SMILES string of the molecule is O=C(CNC(=O)C(c1ccccc1)c1ccccc1)NCC(=O)O[C@H](C(=O)c1ccccc1)c1ccc([N+](=O)[O-])cc1. The molecular formula is C32H27N3O7. The van der Waals surface area contributed by atoms with Gasteiger partial charge in [-0.05, 0) is 23.3 Å².